The summed E-state index contributed by atoms with van der Waals surface area (Å²) in [6.45, 7) is 8.82. The molecular weight excluding hydrogens is 399 g/mol. The first-order valence-electron chi connectivity index (χ1n) is 14.1. The molecule has 0 fully saturated rings. The van der Waals surface area contributed by atoms with Gasteiger partial charge in [0, 0.05) is 7.26 Å². The lowest BCUT2D eigenvalue weighted by atomic mass is 10.1. The lowest BCUT2D eigenvalue weighted by Gasteiger charge is -2.30. The fourth-order valence-electron chi connectivity index (χ4n) is 4.95. The number of carboxylic acids is 1. The minimum atomic E-state index is -1.15. The molecule has 0 saturated heterocycles. The number of rotatable bonds is 24. The molecule has 0 aromatic heterocycles. The van der Waals surface area contributed by atoms with E-state index in [2.05, 4.69) is 20.8 Å². The smallest absolute Gasteiger partial charge is 0.309 e. The number of aliphatic carboxylic acids is 1. The highest BCUT2D eigenvalue weighted by Gasteiger charge is 2.39. The molecule has 0 radical (unpaired) electrons. The zero-order chi connectivity index (χ0) is 23.2. The molecule has 0 aliphatic heterocycles. The van der Waals surface area contributed by atoms with E-state index in [1.54, 1.807) is 0 Å². The van der Waals surface area contributed by atoms with E-state index in [1.807, 2.05) is 6.92 Å². The molecular formula is C28H58O2P+. The van der Waals surface area contributed by atoms with E-state index >= 15 is 0 Å². The van der Waals surface area contributed by atoms with Gasteiger partial charge in [0.15, 0.2) is 0 Å². The van der Waals surface area contributed by atoms with Crippen molar-refractivity contribution in [2.75, 3.05) is 24.6 Å². The van der Waals surface area contributed by atoms with Crippen molar-refractivity contribution in [3.8, 4) is 0 Å². The minimum Gasteiger partial charge on any atom is -0.481 e. The van der Waals surface area contributed by atoms with E-state index in [0.29, 0.717) is 0 Å². The van der Waals surface area contributed by atoms with Crippen LogP contribution < -0.4 is 0 Å². The van der Waals surface area contributed by atoms with Gasteiger partial charge in [-0.15, -0.1) is 0 Å². The van der Waals surface area contributed by atoms with Crippen molar-refractivity contribution in [3.63, 3.8) is 0 Å². The van der Waals surface area contributed by atoms with Gasteiger partial charge in [0.1, 0.15) is 0 Å². The quantitative estimate of drug-likeness (QED) is 0.116. The second kappa shape index (κ2) is 21.7. The van der Waals surface area contributed by atoms with Gasteiger partial charge in [0.05, 0.1) is 30.6 Å². The zero-order valence-electron chi connectivity index (χ0n) is 21.9. The van der Waals surface area contributed by atoms with E-state index in [4.69, 9.17) is 0 Å². The van der Waals surface area contributed by atoms with E-state index in [9.17, 15) is 9.90 Å². The normalized spacial score (nSPS) is 12.9. The van der Waals surface area contributed by atoms with Gasteiger partial charge in [-0.3, -0.25) is 4.79 Å². The second-order valence-electron chi connectivity index (χ2n) is 10.2. The van der Waals surface area contributed by atoms with Gasteiger partial charge in [-0.25, -0.2) is 0 Å². The maximum Gasteiger partial charge on any atom is 0.309 e. The van der Waals surface area contributed by atoms with Crippen LogP contribution in [0.15, 0.2) is 0 Å². The molecule has 0 aliphatic carbocycles. The van der Waals surface area contributed by atoms with Gasteiger partial charge in [-0.2, -0.15) is 0 Å². The molecule has 1 unspecified atom stereocenters. The van der Waals surface area contributed by atoms with Gasteiger partial charge >= 0.3 is 5.97 Å². The van der Waals surface area contributed by atoms with Crippen LogP contribution in [0.2, 0.25) is 0 Å². The largest absolute Gasteiger partial charge is 0.481 e. The summed E-state index contributed by atoms with van der Waals surface area (Å²) in [5.74, 6) is -0.730. The van der Waals surface area contributed by atoms with E-state index in [1.165, 1.54) is 134 Å². The van der Waals surface area contributed by atoms with Crippen molar-refractivity contribution < 1.29 is 9.90 Å². The van der Waals surface area contributed by atoms with Crippen molar-refractivity contribution in [3.05, 3.63) is 0 Å². The van der Waals surface area contributed by atoms with E-state index < -0.39 is 13.2 Å². The highest BCUT2D eigenvalue weighted by Crippen LogP contribution is 2.62. The lowest BCUT2D eigenvalue weighted by Crippen LogP contribution is -2.22. The summed E-state index contributed by atoms with van der Waals surface area (Å²) in [6.07, 6.45) is 29.5. The fraction of sp³-hybridized carbons (Fsp3) is 0.964. The maximum atomic E-state index is 11.7. The summed E-state index contributed by atoms with van der Waals surface area (Å²) < 4.78 is 0. The Labute approximate surface area is 197 Å². The highest BCUT2D eigenvalue weighted by atomic mass is 31.2. The van der Waals surface area contributed by atoms with Crippen LogP contribution in [0.1, 0.15) is 143 Å². The van der Waals surface area contributed by atoms with E-state index in [0.717, 1.165) is 6.16 Å². The van der Waals surface area contributed by atoms with Crippen molar-refractivity contribution in [1.29, 1.82) is 0 Å². The standard InChI is InChI=1S/C28H57O2P/c1-5-8-11-14-17-20-23-31(26-27(4)28(29)30,24-21-18-15-12-9-6-2)25-22-19-16-13-10-7-3/h27H,5-26H2,1-4H3/p+1. The van der Waals surface area contributed by atoms with Crippen LogP contribution in [0.3, 0.4) is 0 Å². The van der Waals surface area contributed by atoms with Gasteiger partial charge in [0.25, 0.3) is 0 Å². The summed E-state index contributed by atoms with van der Waals surface area (Å²) in [6, 6.07) is 0. The van der Waals surface area contributed by atoms with Crippen molar-refractivity contribution in [1.82, 2.24) is 0 Å². The number of hydrogen-bond donors (Lipinski definition) is 1. The number of carbonyl (C=O) groups is 1. The summed E-state index contributed by atoms with van der Waals surface area (Å²) in [7, 11) is -1.15. The number of hydrogen-bond acceptors (Lipinski definition) is 1. The Bertz CT molecular complexity index is 356. The molecule has 1 atom stereocenters. The number of unbranched alkanes of at least 4 members (excludes halogenated alkanes) is 15. The Kier molecular flexibility index (Phi) is 21.7. The predicted molar refractivity (Wildman–Crippen MR) is 143 cm³/mol. The van der Waals surface area contributed by atoms with Gasteiger partial charge in [-0.1, -0.05) is 97.8 Å². The van der Waals surface area contributed by atoms with Crippen LogP contribution in [0.4, 0.5) is 0 Å². The molecule has 0 aromatic carbocycles. The van der Waals surface area contributed by atoms with Crippen LogP contribution in [-0.4, -0.2) is 35.7 Å². The first-order valence-corrected chi connectivity index (χ1v) is 16.6. The molecule has 31 heavy (non-hydrogen) atoms. The maximum absolute atomic E-state index is 11.7. The Morgan fingerprint density at radius 1 is 0.581 bits per heavy atom. The summed E-state index contributed by atoms with van der Waals surface area (Å²) in [5, 5.41) is 9.67. The molecule has 186 valence electrons. The minimum absolute atomic E-state index is 0.159. The molecule has 0 aromatic rings. The molecule has 0 aliphatic rings. The van der Waals surface area contributed by atoms with Crippen LogP contribution in [0.5, 0.6) is 0 Å². The molecule has 1 N–H and O–H groups in total. The Balaban J connectivity index is 4.86. The molecule has 0 heterocycles. The fourth-order valence-corrected chi connectivity index (χ4v) is 10.2. The summed E-state index contributed by atoms with van der Waals surface area (Å²) in [4.78, 5) is 11.7. The van der Waals surface area contributed by atoms with Crippen LogP contribution in [0.25, 0.3) is 0 Å². The molecule has 0 rings (SSSR count). The average molecular weight is 458 g/mol. The molecule has 0 amide bonds. The third-order valence-corrected chi connectivity index (χ3v) is 12.2. The Morgan fingerprint density at radius 2 is 0.871 bits per heavy atom. The highest BCUT2D eigenvalue weighted by molar-refractivity contribution is 7.75. The molecule has 2 nitrogen and oxygen atoms in total. The molecule has 0 spiro atoms. The third kappa shape index (κ3) is 18.1. The number of carboxylic acid groups (broad SMARTS) is 1. The molecule has 3 heteroatoms. The van der Waals surface area contributed by atoms with Crippen LogP contribution >= 0.6 is 7.26 Å². The van der Waals surface area contributed by atoms with Crippen molar-refractivity contribution >= 4 is 13.2 Å². The van der Waals surface area contributed by atoms with Gasteiger partial charge in [-0.05, 0) is 45.4 Å². The first-order chi connectivity index (χ1) is 15.0. The van der Waals surface area contributed by atoms with E-state index in [-0.39, 0.29) is 5.92 Å². The van der Waals surface area contributed by atoms with Crippen molar-refractivity contribution in [2.45, 2.75) is 143 Å². The van der Waals surface area contributed by atoms with Gasteiger partial charge in [0.2, 0.25) is 0 Å². The average Bonchev–Trinajstić information content (AvgIpc) is 2.75. The van der Waals surface area contributed by atoms with Crippen LogP contribution in [0, 0.1) is 5.92 Å². The SMILES string of the molecule is CCCCCCCC[P+](CCCCCCCC)(CCCCCCCC)CC(C)C(=O)O. The van der Waals surface area contributed by atoms with Gasteiger partial charge < -0.3 is 5.11 Å². The summed E-state index contributed by atoms with van der Waals surface area (Å²) in [5.41, 5.74) is 0. The topological polar surface area (TPSA) is 37.3 Å². The monoisotopic (exact) mass is 457 g/mol. The molecule has 0 bridgehead atoms. The summed E-state index contributed by atoms with van der Waals surface area (Å²) >= 11 is 0. The van der Waals surface area contributed by atoms with Crippen molar-refractivity contribution in [2.24, 2.45) is 5.92 Å². The zero-order valence-corrected chi connectivity index (χ0v) is 22.8. The second-order valence-corrected chi connectivity index (χ2v) is 14.6. The lowest BCUT2D eigenvalue weighted by molar-refractivity contribution is -0.140. The Hall–Kier alpha value is -0.100. The first kappa shape index (κ1) is 30.9. The predicted octanol–water partition coefficient (Wildman–Crippen LogP) is 9.81. The third-order valence-electron chi connectivity index (χ3n) is 7.04. The Morgan fingerprint density at radius 3 is 1.16 bits per heavy atom. The molecule has 0 saturated carbocycles. The van der Waals surface area contributed by atoms with Crippen LogP contribution in [-0.2, 0) is 4.79 Å².